The summed E-state index contributed by atoms with van der Waals surface area (Å²) >= 11 is 0. The van der Waals surface area contributed by atoms with Crippen molar-refractivity contribution in [1.82, 2.24) is 0 Å². The van der Waals surface area contributed by atoms with Crippen molar-refractivity contribution in [2.24, 2.45) is 17.1 Å². The Morgan fingerprint density at radius 1 is 1.39 bits per heavy atom. The van der Waals surface area contributed by atoms with Crippen LogP contribution in [0.3, 0.4) is 0 Å². The largest absolute Gasteiger partial charge is 0.329 e. The third-order valence-electron chi connectivity index (χ3n) is 4.22. The summed E-state index contributed by atoms with van der Waals surface area (Å²) in [6, 6.07) is 6.20. The summed E-state index contributed by atoms with van der Waals surface area (Å²) in [6.45, 7) is 2.50. The van der Waals surface area contributed by atoms with Crippen LogP contribution in [0.15, 0.2) is 24.3 Å². The third kappa shape index (κ3) is 2.32. The first-order chi connectivity index (χ1) is 8.59. The smallest absolute Gasteiger partial charge is 0.173 e. The number of Topliss-reactive ketones (excluding diaryl/α,β-unsaturated/α-hetero) is 1. The van der Waals surface area contributed by atoms with Gasteiger partial charge in [-0.2, -0.15) is 0 Å². The maximum atomic E-state index is 13.7. The van der Waals surface area contributed by atoms with Crippen molar-refractivity contribution in [1.29, 1.82) is 0 Å². The van der Waals surface area contributed by atoms with Crippen LogP contribution in [0.25, 0.3) is 0 Å². The quantitative estimate of drug-likeness (QED) is 0.836. The molecule has 0 unspecified atom stereocenters. The summed E-state index contributed by atoms with van der Waals surface area (Å²) in [4.78, 5) is 12.6. The molecule has 0 bridgehead atoms. The molecule has 0 radical (unpaired) electrons. The minimum Gasteiger partial charge on any atom is -0.329 e. The summed E-state index contributed by atoms with van der Waals surface area (Å²) in [5.74, 6) is 0.0852. The predicted octanol–water partition coefficient (Wildman–Crippen LogP) is 3.16. The van der Waals surface area contributed by atoms with Crippen LogP contribution in [0, 0.1) is 17.2 Å². The first kappa shape index (κ1) is 13.2. The fraction of sp³-hybridized carbons (Fsp3) is 0.533. The van der Waals surface area contributed by atoms with Gasteiger partial charge in [0, 0.05) is 12.0 Å². The normalized spacial score (nSPS) is 28.1. The van der Waals surface area contributed by atoms with Gasteiger partial charge in [-0.05, 0) is 43.7 Å². The summed E-state index contributed by atoms with van der Waals surface area (Å²) in [5, 5.41) is 0. The molecule has 2 rings (SSSR count). The Morgan fingerprint density at radius 2 is 2.00 bits per heavy atom. The number of nitrogens with two attached hydrogens (primary N) is 1. The van der Waals surface area contributed by atoms with Crippen LogP contribution in [0.2, 0.25) is 0 Å². The second-order valence-electron chi connectivity index (χ2n) is 5.48. The zero-order valence-corrected chi connectivity index (χ0v) is 10.8. The highest BCUT2D eigenvalue weighted by Gasteiger charge is 2.40. The van der Waals surface area contributed by atoms with Gasteiger partial charge in [0.25, 0.3) is 0 Å². The number of ketones is 1. The fourth-order valence-corrected chi connectivity index (χ4v) is 2.77. The van der Waals surface area contributed by atoms with E-state index in [1.807, 2.05) is 0 Å². The van der Waals surface area contributed by atoms with E-state index in [1.165, 1.54) is 6.07 Å². The van der Waals surface area contributed by atoms with E-state index in [9.17, 15) is 9.18 Å². The summed E-state index contributed by atoms with van der Waals surface area (Å²) in [5.41, 5.74) is 5.47. The van der Waals surface area contributed by atoms with E-state index in [0.29, 0.717) is 12.5 Å². The van der Waals surface area contributed by atoms with Crippen LogP contribution in [0.4, 0.5) is 4.39 Å². The Labute approximate surface area is 107 Å². The van der Waals surface area contributed by atoms with Crippen molar-refractivity contribution in [3.63, 3.8) is 0 Å². The number of hydrogen-bond acceptors (Lipinski definition) is 2. The van der Waals surface area contributed by atoms with Gasteiger partial charge in [-0.25, -0.2) is 4.39 Å². The molecule has 1 aliphatic carbocycles. The lowest BCUT2D eigenvalue weighted by Gasteiger charge is -2.37. The first-order valence-corrected chi connectivity index (χ1v) is 6.58. The molecule has 3 heteroatoms. The second kappa shape index (κ2) is 5.19. The van der Waals surface area contributed by atoms with Crippen molar-refractivity contribution in [3.8, 4) is 0 Å². The lowest BCUT2D eigenvalue weighted by molar-refractivity contribution is 0.0691. The van der Waals surface area contributed by atoms with E-state index in [0.717, 1.165) is 25.7 Å². The zero-order valence-electron chi connectivity index (χ0n) is 10.8. The van der Waals surface area contributed by atoms with Gasteiger partial charge in [-0.1, -0.05) is 19.1 Å². The summed E-state index contributed by atoms with van der Waals surface area (Å²) in [6.07, 6.45) is 3.55. The topological polar surface area (TPSA) is 43.1 Å². The molecule has 0 heterocycles. The molecular weight excluding hydrogens is 229 g/mol. The number of hydrogen-bond donors (Lipinski definition) is 1. The Bertz CT molecular complexity index is 436. The van der Waals surface area contributed by atoms with Gasteiger partial charge in [0.05, 0.1) is 5.56 Å². The monoisotopic (exact) mass is 249 g/mol. The minimum absolute atomic E-state index is 0.116. The number of carbonyl (C=O) groups excluding carboxylic acids is 1. The number of benzene rings is 1. The molecule has 1 aliphatic rings. The van der Waals surface area contributed by atoms with Crippen LogP contribution in [-0.4, -0.2) is 12.3 Å². The molecular formula is C15H20FNO. The molecule has 18 heavy (non-hydrogen) atoms. The lowest BCUT2D eigenvalue weighted by Crippen LogP contribution is -2.42. The first-order valence-electron chi connectivity index (χ1n) is 6.58. The highest BCUT2D eigenvalue weighted by atomic mass is 19.1. The maximum Gasteiger partial charge on any atom is 0.173 e. The molecule has 1 aromatic rings. The van der Waals surface area contributed by atoms with Gasteiger partial charge in [0.15, 0.2) is 5.78 Å². The highest BCUT2D eigenvalue weighted by Crippen LogP contribution is 2.40. The standard InChI is InChI=1S/C15H20FNO/c1-11-6-8-15(10-17,9-7-11)14(18)12-4-2-3-5-13(12)16/h2-5,11H,6-10,17H2,1H3. The van der Waals surface area contributed by atoms with Crippen molar-refractivity contribution in [2.75, 3.05) is 6.54 Å². The van der Waals surface area contributed by atoms with Gasteiger partial charge in [0.1, 0.15) is 5.82 Å². The molecule has 98 valence electrons. The van der Waals surface area contributed by atoms with E-state index in [2.05, 4.69) is 6.92 Å². The lowest BCUT2D eigenvalue weighted by atomic mass is 9.67. The average Bonchev–Trinajstić information content (AvgIpc) is 2.40. The molecule has 2 N–H and O–H groups in total. The molecule has 1 fully saturated rings. The molecule has 1 saturated carbocycles. The van der Waals surface area contributed by atoms with Gasteiger partial charge in [-0.15, -0.1) is 0 Å². The molecule has 0 saturated heterocycles. The molecule has 1 aromatic carbocycles. The molecule has 2 nitrogen and oxygen atoms in total. The summed E-state index contributed by atoms with van der Waals surface area (Å²) < 4.78 is 13.7. The van der Waals surface area contributed by atoms with Crippen LogP contribution >= 0.6 is 0 Å². The van der Waals surface area contributed by atoms with E-state index in [1.54, 1.807) is 18.2 Å². The Hall–Kier alpha value is -1.22. The number of rotatable bonds is 3. The van der Waals surface area contributed by atoms with Gasteiger partial charge in [0.2, 0.25) is 0 Å². The Kier molecular flexibility index (Phi) is 3.81. The third-order valence-corrected chi connectivity index (χ3v) is 4.22. The van der Waals surface area contributed by atoms with Crippen LogP contribution in [0.5, 0.6) is 0 Å². The van der Waals surface area contributed by atoms with E-state index in [-0.39, 0.29) is 11.3 Å². The van der Waals surface area contributed by atoms with Gasteiger partial charge in [-0.3, -0.25) is 4.79 Å². The van der Waals surface area contributed by atoms with Crippen molar-refractivity contribution in [3.05, 3.63) is 35.6 Å². The summed E-state index contributed by atoms with van der Waals surface area (Å²) in [7, 11) is 0. The number of carbonyl (C=O) groups is 1. The van der Waals surface area contributed by atoms with Crippen molar-refractivity contribution >= 4 is 5.78 Å². The Morgan fingerprint density at radius 3 is 2.56 bits per heavy atom. The molecule has 0 amide bonds. The van der Waals surface area contributed by atoms with Crippen LogP contribution < -0.4 is 5.73 Å². The van der Waals surface area contributed by atoms with Crippen LogP contribution in [-0.2, 0) is 0 Å². The van der Waals surface area contributed by atoms with E-state index < -0.39 is 11.2 Å². The Balaban J connectivity index is 2.28. The highest BCUT2D eigenvalue weighted by molar-refractivity contribution is 6.01. The minimum atomic E-state index is -0.547. The number of halogens is 1. The maximum absolute atomic E-state index is 13.7. The molecule has 0 aromatic heterocycles. The van der Waals surface area contributed by atoms with Gasteiger partial charge < -0.3 is 5.73 Å². The van der Waals surface area contributed by atoms with Crippen molar-refractivity contribution < 1.29 is 9.18 Å². The predicted molar refractivity (Wildman–Crippen MR) is 69.8 cm³/mol. The average molecular weight is 249 g/mol. The molecule has 0 atom stereocenters. The molecule has 0 spiro atoms. The van der Waals surface area contributed by atoms with E-state index >= 15 is 0 Å². The van der Waals surface area contributed by atoms with E-state index in [4.69, 9.17) is 5.73 Å². The van der Waals surface area contributed by atoms with Gasteiger partial charge >= 0.3 is 0 Å². The second-order valence-corrected chi connectivity index (χ2v) is 5.48. The van der Waals surface area contributed by atoms with Crippen molar-refractivity contribution in [2.45, 2.75) is 32.6 Å². The SMILES string of the molecule is CC1CCC(CN)(C(=O)c2ccccc2F)CC1. The fourth-order valence-electron chi connectivity index (χ4n) is 2.77. The zero-order chi connectivity index (χ0) is 13.2. The van der Waals surface area contributed by atoms with Crippen LogP contribution in [0.1, 0.15) is 43.0 Å². The molecule has 0 aliphatic heterocycles.